The molecule has 2 aromatic carbocycles. The molecule has 0 fully saturated rings. The summed E-state index contributed by atoms with van der Waals surface area (Å²) in [5.74, 6) is 3.09. The lowest BCUT2D eigenvalue weighted by Gasteiger charge is -2.11. The molecular formula is C25H29N5O. The van der Waals surface area contributed by atoms with Crippen LogP contribution in [0.15, 0.2) is 60.7 Å². The Morgan fingerprint density at radius 1 is 1.00 bits per heavy atom. The van der Waals surface area contributed by atoms with Gasteiger partial charge in [-0.1, -0.05) is 55.8 Å². The van der Waals surface area contributed by atoms with E-state index in [0.717, 1.165) is 59.8 Å². The second kappa shape index (κ2) is 9.51. The van der Waals surface area contributed by atoms with Crippen molar-refractivity contribution in [3.63, 3.8) is 0 Å². The third-order valence-electron chi connectivity index (χ3n) is 5.39. The molecule has 160 valence electrons. The quantitative estimate of drug-likeness (QED) is 0.401. The third-order valence-corrected chi connectivity index (χ3v) is 5.39. The molecule has 4 aromatic rings. The summed E-state index contributed by atoms with van der Waals surface area (Å²) in [6.45, 7) is 3.58. The van der Waals surface area contributed by atoms with Gasteiger partial charge in [0.15, 0.2) is 5.82 Å². The monoisotopic (exact) mass is 415 g/mol. The Bertz CT molecular complexity index is 1150. The summed E-state index contributed by atoms with van der Waals surface area (Å²) in [6.07, 6.45) is 3.13. The number of aryl methyl sites for hydroxylation is 1. The number of hydrogen-bond donors (Lipinski definition) is 2. The maximum Gasteiger partial charge on any atom is 0.154 e. The zero-order chi connectivity index (χ0) is 21.6. The predicted molar refractivity (Wildman–Crippen MR) is 126 cm³/mol. The molecule has 0 unspecified atom stereocenters. The van der Waals surface area contributed by atoms with Crippen LogP contribution in [-0.4, -0.2) is 21.6 Å². The number of ether oxygens (including phenoxy) is 1. The van der Waals surface area contributed by atoms with E-state index >= 15 is 0 Å². The minimum atomic E-state index is 0.454. The molecule has 2 heterocycles. The average Bonchev–Trinajstić information content (AvgIpc) is 3.15. The lowest BCUT2D eigenvalue weighted by atomic mass is 10.2. The van der Waals surface area contributed by atoms with Crippen LogP contribution >= 0.6 is 0 Å². The van der Waals surface area contributed by atoms with Crippen LogP contribution in [0.1, 0.15) is 36.7 Å². The standard InChI is InChI=1S/C25H29N5O/c1-3-4-13-23-29-24-21(30(23)17-18-9-6-5-7-10-18)15-22(28-25(24)26)27-16-19-11-8-12-20(14-19)31-2/h5-12,14-15H,3-4,13,16-17H2,1-2H3,(H3,26,27,28). The van der Waals surface area contributed by atoms with Gasteiger partial charge in [0.05, 0.1) is 12.6 Å². The first-order valence-corrected chi connectivity index (χ1v) is 10.7. The zero-order valence-electron chi connectivity index (χ0n) is 18.1. The number of nitrogens with one attached hydrogen (secondary N) is 1. The summed E-state index contributed by atoms with van der Waals surface area (Å²) in [4.78, 5) is 9.42. The van der Waals surface area contributed by atoms with Crippen LogP contribution < -0.4 is 15.8 Å². The average molecular weight is 416 g/mol. The number of anilines is 2. The highest BCUT2D eigenvalue weighted by molar-refractivity contribution is 5.88. The van der Waals surface area contributed by atoms with Gasteiger partial charge < -0.3 is 20.4 Å². The van der Waals surface area contributed by atoms with Gasteiger partial charge in [-0.2, -0.15) is 0 Å². The second-order valence-corrected chi connectivity index (χ2v) is 7.67. The molecule has 0 spiro atoms. The van der Waals surface area contributed by atoms with Crippen LogP contribution in [0.25, 0.3) is 11.0 Å². The van der Waals surface area contributed by atoms with Gasteiger partial charge >= 0.3 is 0 Å². The molecular weight excluding hydrogens is 386 g/mol. The molecule has 0 bridgehead atoms. The van der Waals surface area contributed by atoms with E-state index in [1.807, 2.05) is 24.3 Å². The summed E-state index contributed by atoms with van der Waals surface area (Å²) < 4.78 is 7.59. The van der Waals surface area contributed by atoms with Gasteiger partial charge in [-0.15, -0.1) is 0 Å². The van der Waals surface area contributed by atoms with Crippen LogP contribution in [0.2, 0.25) is 0 Å². The van der Waals surface area contributed by atoms with Crippen molar-refractivity contribution >= 4 is 22.7 Å². The van der Waals surface area contributed by atoms with Crippen molar-refractivity contribution in [3.05, 3.63) is 77.6 Å². The lowest BCUT2D eigenvalue weighted by molar-refractivity contribution is 0.414. The fourth-order valence-electron chi connectivity index (χ4n) is 3.73. The number of imidazole rings is 1. The molecule has 4 rings (SSSR count). The van der Waals surface area contributed by atoms with Crippen molar-refractivity contribution in [2.75, 3.05) is 18.2 Å². The molecule has 0 saturated heterocycles. The number of hydrogen-bond acceptors (Lipinski definition) is 5. The van der Waals surface area contributed by atoms with Crippen LogP contribution in [0.5, 0.6) is 5.75 Å². The number of benzene rings is 2. The Hall–Kier alpha value is -3.54. The van der Waals surface area contributed by atoms with Crippen molar-refractivity contribution in [2.45, 2.75) is 39.3 Å². The van der Waals surface area contributed by atoms with Gasteiger partial charge in [-0.3, -0.25) is 0 Å². The van der Waals surface area contributed by atoms with E-state index in [2.05, 4.69) is 58.2 Å². The maximum absolute atomic E-state index is 6.33. The fourth-order valence-corrected chi connectivity index (χ4v) is 3.73. The lowest BCUT2D eigenvalue weighted by Crippen LogP contribution is -2.07. The number of aromatic nitrogens is 3. The molecule has 6 nitrogen and oxygen atoms in total. The summed E-state index contributed by atoms with van der Waals surface area (Å²) in [5, 5.41) is 3.40. The third kappa shape index (κ3) is 4.79. The highest BCUT2D eigenvalue weighted by Gasteiger charge is 2.15. The molecule has 3 N–H and O–H groups in total. The van der Waals surface area contributed by atoms with E-state index in [9.17, 15) is 0 Å². The minimum Gasteiger partial charge on any atom is -0.497 e. The van der Waals surface area contributed by atoms with Gasteiger partial charge in [0.2, 0.25) is 0 Å². The number of nitrogen functional groups attached to an aromatic ring is 1. The Morgan fingerprint density at radius 3 is 2.58 bits per heavy atom. The topological polar surface area (TPSA) is 78.0 Å². The number of unbranched alkanes of at least 4 members (excludes halogenated alkanes) is 1. The van der Waals surface area contributed by atoms with Crippen LogP contribution in [0, 0.1) is 0 Å². The Morgan fingerprint density at radius 2 is 1.81 bits per heavy atom. The van der Waals surface area contributed by atoms with Crippen LogP contribution in [0.4, 0.5) is 11.6 Å². The fraction of sp³-hybridized carbons (Fsp3) is 0.280. The predicted octanol–water partition coefficient (Wildman–Crippen LogP) is 5.03. The molecule has 0 aliphatic heterocycles. The van der Waals surface area contributed by atoms with Crippen LogP contribution in [-0.2, 0) is 19.5 Å². The Kier molecular flexibility index (Phi) is 6.36. The highest BCUT2D eigenvalue weighted by Crippen LogP contribution is 2.26. The number of methoxy groups -OCH3 is 1. The van der Waals surface area contributed by atoms with Crippen molar-refractivity contribution in [1.82, 2.24) is 14.5 Å². The smallest absolute Gasteiger partial charge is 0.154 e. The molecule has 0 radical (unpaired) electrons. The first-order chi connectivity index (χ1) is 15.2. The second-order valence-electron chi connectivity index (χ2n) is 7.67. The van der Waals surface area contributed by atoms with E-state index < -0.39 is 0 Å². The van der Waals surface area contributed by atoms with E-state index in [0.29, 0.717) is 12.4 Å². The SMILES string of the molecule is CCCCc1nc2c(N)nc(NCc3cccc(OC)c3)cc2n1Cc1ccccc1. The molecule has 0 saturated carbocycles. The number of nitrogens with two attached hydrogens (primary N) is 1. The summed E-state index contributed by atoms with van der Waals surface area (Å²) in [5.41, 5.74) is 10.5. The first-order valence-electron chi connectivity index (χ1n) is 10.7. The zero-order valence-corrected chi connectivity index (χ0v) is 18.1. The molecule has 0 aliphatic rings. The first kappa shape index (κ1) is 20.7. The van der Waals surface area contributed by atoms with Gasteiger partial charge in [0.1, 0.15) is 22.9 Å². The molecule has 2 aromatic heterocycles. The number of fused-ring (bicyclic) bond motifs is 1. The molecule has 0 aliphatic carbocycles. The Balaban J connectivity index is 1.67. The number of nitrogens with zero attached hydrogens (tertiary/aromatic N) is 3. The summed E-state index contributed by atoms with van der Waals surface area (Å²) in [6, 6.07) is 20.5. The van der Waals surface area contributed by atoms with E-state index in [1.54, 1.807) is 7.11 Å². The molecule has 0 atom stereocenters. The summed E-state index contributed by atoms with van der Waals surface area (Å²) >= 11 is 0. The van der Waals surface area contributed by atoms with Crippen molar-refractivity contribution < 1.29 is 4.74 Å². The normalized spacial score (nSPS) is 11.0. The van der Waals surface area contributed by atoms with Crippen molar-refractivity contribution in [3.8, 4) is 5.75 Å². The van der Waals surface area contributed by atoms with E-state index in [-0.39, 0.29) is 0 Å². The van der Waals surface area contributed by atoms with E-state index in [1.165, 1.54) is 5.56 Å². The van der Waals surface area contributed by atoms with Crippen molar-refractivity contribution in [1.29, 1.82) is 0 Å². The molecule has 6 heteroatoms. The van der Waals surface area contributed by atoms with Gasteiger partial charge in [0.25, 0.3) is 0 Å². The van der Waals surface area contributed by atoms with Crippen LogP contribution in [0.3, 0.4) is 0 Å². The molecule has 31 heavy (non-hydrogen) atoms. The number of pyridine rings is 1. The number of rotatable bonds is 9. The van der Waals surface area contributed by atoms with E-state index in [4.69, 9.17) is 15.5 Å². The van der Waals surface area contributed by atoms with Crippen molar-refractivity contribution in [2.24, 2.45) is 0 Å². The van der Waals surface area contributed by atoms with Gasteiger partial charge in [-0.05, 0) is 29.7 Å². The Labute approximate surface area is 183 Å². The van der Waals surface area contributed by atoms with Gasteiger partial charge in [0, 0.05) is 25.6 Å². The maximum atomic E-state index is 6.33. The molecule has 0 amide bonds. The minimum absolute atomic E-state index is 0.454. The highest BCUT2D eigenvalue weighted by atomic mass is 16.5. The summed E-state index contributed by atoms with van der Waals surface area (Å²) in [7, 11) is 1.67. The largest absolute Gasteiger partial charge is 0.497 e. The van der Waals surface area contributed by atoms with Gasteiger partial charge in [-0.25, -0.2) is 9.97 Å².